The summed E-state index contributed by atoms with van der Waals surface area (Å²) in [6.07, 6.45) is 9.00. The van der Waals surface area contributed by atoms with Crippen molar-refractivity contribution in [1.82, 2.24) is 15.0 Å². The molecule has 2 rings (SSSR count). The van der Waals surface area contributed by atoms with Crippen molar-refractivity contribution in [2.45, 2.75) is 44.6 Å². The van der Waals surface area contributed by atoms with Gasteiger partial charge in [-0.2, -0.15) is 15.0 Å². The molecule has 0 bridgehead atoms. The number of nitrogens with two attached hydrogens (primary N) is 1. The predicted octanol–water partition coefficient (Wildman–Crippen LogP) is 1.97. The minimum Gasteiger partial charge on any atom is -0.459 e. The Kier molecular flexibility index (Phi) is 11.2. The lowest BCUT2D eigenvalue weighted by atomic mass is 10.1. The molecule has 0 saturated heterocycles. The fraction of sp³-hybridized carbons (Fsp3) is 0.737. The summed E-state index contributed by atoms with van der Waals surface area (Å²) in [6.45, 7) is 7.24. The van der Waals surface area contributed by atoms with Gasteiger partial charge in [-0.15, -0.1) is 0 Å². The van der Waals surface area contributed by atoms with E-state index in [0.29, 0.717) is 64.1 Å². The van der Waals surface area contributed by atoms with Crippen LogP contribution in [0.15, 0.2) is 12.7 Å². The van der Waals surface area contributed by atoms with Crippen LogP contribution in [0.5, 0.6) is 6.01 Å². The molecule has 1 aliphatic rings. The molecule has 0 unspecified atom stereocenters. The molecule has 1 aliphatic carbocycles. The number of hydrogen-bond acceptors (Lipinski definition) is 9. The van der Waals surface area contributed by atoms with Gasteiger partial charge in [0.05, 0.1) is 26.4 Å². The fourth-order valence-electron chi connectivity index (χ4n) is 2.94. The Morgan fingerprint density at radius 1 is 0.964 bits per heavy atom. The van der Waals surface area contributed by atoms with Gasteiger partial charge in [-0.25, -0.2) is 0 Å². The number of anilines is 2. The molecule has 28 heavy (non-hydrogen) atoms. The first-order valence-corrected chi connectivity index (χ1v) is 10.2. The van der Waals surface area contributed by atoms with Crippen LogP contribution >= 0.6 is 0 Å². The normalized spacial score (nSPS) is 15.0. The third kappa shape index (κ3) is 9.29. The Morgan fingerprint density at radius 3 is 2.39 bits per heavy atom. The Bertz CT molecular complexity index is 552. The van der Waals surface area contributed by atoms with Crippen LogP contribution in [-0.4, -0.2) is 67.1 Å². The van der Waals surface area contributed by atoms with Crippen LogP contribution in [-0.2, 0) is 9.47 Å². The summed E-state index contributed by atoms with van der Waals surface area (Å²) in [7, 11) is 0. The molecule has 158 valence electrons. The minimum atomic E-state index is 0.282. The molecule has 4 N–H and O–H groups in total. The van der Waals surface area contributed by atoms with Crippen LogP contribution in [0.1, 0.15) is 38.5 Å². The maximum Gasteiger partial charge on any atom is 0.323 e. The van der Waals surface area contributed by atoms with E-state index in [4.69, 9.17) is 19.9 Å². The van der Waals surface area contributed by atoms with Crippen LogP contribution in [0.25, 0.3) is 0 Å². The van der Waals surface area contributed by atoms with Gasteiger partial charge in [-0.1, -0.05) is 38.3 Å². The third-order valence-electron chi connectivity index (χ3n) is 4.30. The topological polar surface area (TPSA) is 116 Å². The number of aromatic nitrogens is 3. The quantitative estimate of drug-likeness (QED) is 0.247. The summed E-state index contributed by atoms with van der Waals surface area (Å²) in [5.74, 6) is 1.01. The molecule has 0 radical (unpaired) electrons. The highest BCUT2D eigenvalue weighted by Crippen LogP contribution is 2.21. The van der Waals surface area contributed by atoms with Crippen molar-refractivity contribution in [3.8, 4) is 6.01 Å². The second-order valence-electron chi connectivity index (χ2n) is 6.64. The highest BCUT2D eigenvalue weighted by atomic mass is 16.5. The zero-order chi connectivity index (χ0) is 19.9. The van der Waals surface area contributed by atoms with E-state index in [1.807, 2.05) is 0 Å². The van der Waals surface area contributed by atoms with Crippen molar-refractivity contribution >= 4 is 11.9 Å². The van der Waals surface area contributed by atoms with Crippen molar-refractivity contribution in [2.75, 3.05) is 56.8 Å². The lowest BCUT2D eigenvalue weighted by molar-refractivity contribution is 0.0547. The third-order valence-corrected chi connectivity index (χ3v) is 4.30. The van der Waals surface area contributed by atoms with Gasteiger partial charge >= 0.3 is 6.01 Å². The molecule has 1 fully saturated rings. The Morgan fingerprint density at radius 2 is 1.68 bits per heavy atom. The monoisotopic (exact) mass is 394 g/mol. The average Bonchev–Trinajstić information content (AvgIpc) is 2.97. The van der Waals surface area contributed by atoms with E-state index in [0.717, 1.165) is 12.8 Å². The second kappa shape index (κ2) is 14.1. The Balaban J connectivity index is 1.84. The predicted molar refractivity (Wildman–Crippen MR) is 110 cm³/mol. The van der Waals surface area contributed by atoms with Gasteiger partial charge in [0, 0.05) is 19.1 Å². The summed E-state index contributed by atoms with van der Waals surface area (Å²) in [4.78, 5) is 13.2. The highest BCUT2D eigenvalue weighted by molar-refractivity contribution is 5.36. The first-order chi connectivity index (χ1) is 13.8. The van der Waals surface area contributed by atoms with E-state index in [2.05, 4.69) is 32.2 Å². The number of nitrogens with one attached hydrogen (secondary N) is 2. The van der Waals surface area contributed by atoms with Crippen LogP contribution < -0.4 is 21.1 Å². The largest absolute Gasteiger partial charge is 0.459 e. The lowest BCUT2D eigenvalue weighted by Gasteiger charge is -2.17. The fourth-order valence-corrected chi connectivity index (χ4v) is 2.94. The molecule has 1 aromatic heterocycles. The molecule has 1 heterocycles. The van der Waals surface area contributed by atoms with Gasteiger partial charge in [-0.05, 0) is 12.8 Å². The van der Waals surface area contributed by atoms with Crippen molar-refractivity contribution in [1.29, 1.82) is 0 Å². The summed E-state index contributed by atoms with van der Waals surface area (Å²) in [5.41, 5.74) is 5.36. The van der Waals surface area contributed by atoms with E-state index >= 15 is 0 Å². The van der Waals surface area contributed by atoms with Crippen molar-refractivity contribution in [2.24, 2.45) is 5.73 Å². The van der Waals surface area contributed by atoms with Gasteiger partial charge < -0.3 is 30.6 Å². The SMILES string of the molecule is C=CCOc1nc(NCCOCCOCCN)nc(NC2CCCCCC2)n1. The first-order valence-electron chi connectivity index (χ1n) is 10.2. The highest BCUT2D eigenvalue weighted by Gasteiger charge is 2.15. The van der Waals surface area contributed by atoms with Crippen LogP contribution in [0, 0.1) is 0 Å². The molecule has 0 amide bonds. The van der Waals surface area contributed by atoms with Gasteiger partial charge in [-0.3, -0.25) is 0 Å². The zero-order valence-electron chi connectivity index (χ0n) is 16.7. The Labute approximate surface area is 167 Å². The summed E-state index contributed by atoms with van der Waals surface area (Å²) < 4.78 is 16.3. The van der Waals surface area contributed by atoms with Gasteiger partial charge in [0.25, 0.3) is 0 Å². The lowest BCUT2D eigenvalue weighted by Crippen LogP contribution is -2.21. The summed E-state index contributed by atoms with van der Waals surface area (Å²) in [5, 5.41) is 6.60. The number of hydrogen-bond donors (Lipinski definition) is 3. The molecule has 0 aromatic carbocycles. The maximum atomic E-state index is 5.51. The molecule has 0 atom stereocenters. The van der Waals surface area contributed by atoms with E-state index < -0.39 is 0 Å². The zero-order valence-corrected chi connectivity index (χ0v) is 16.7. The van der Waals surface area contributed by atoms with E-state index in [1.54, 1.807) is 6.08 Å². The van der Waals surface area contributed by atoms with Crippen molar-refractivity contribution in [3.05, 3.63) is 12.7 Å². The second-order valence-corrected chi connectivity index (χ2v) is 6.64. The Hall–Kier alpha value is -1.97. The maximum absolute atomic E-state index is 5.51. The number of nitrogens with zero attached hydrogens (tertiary/aromatic N) is 3. The molecule has 1 aromatic rings. The molecule has 1 saturated carbocycles. The standard InChI is InChI=1S/C19H34N6O3/c1-2-11-28-19-24-17(21-10-13-27-15-14-26-12-9-20)23-18(25-19)22-16-7-5-3-4-6-8-16/h2,16H,1,3-15,20H2,(H2,21,22,23,24,25). The molecule has 9 heteroatoms. The van der Waals surface area contributed by atoms with Crippen LogP contribution in [0.3, 0.4) is 0 Å². The van der Waals surface area contributed by atoms with Gasteiger partial charge in [0.2, 0.25) is 11.9 Å². The van der Waals surface area contributed by atoms with E-state index in [9.17, 15) is 0 Å². The first kappa shape index (κ1) is 22.3. The molecule has 9 nitrogen and oxygen atoms in total. The smallest absolute Gasteiger partial charge is 0.323 e. The van der Waals surface area contributed by atoms with Crippen LogP contribution in [0.2, 0.25) is 0 Å². The van der Waals surface area contributed by atoms with Crippen molar-refractivity contribution in [3.63, 3.8) is 0 Å². The van der Waals surface area contributed by atoms with E-state index in [-0.39, 0.29) is 6.01 Å². The molecular formula is C19H34N6O3. The van der Waals surface area contributed by atoms with E-state index in [1.165, 1.54) is 25.7 Å². The molecular weight excluding hydrogens is 360 g/mol. The molecule has 0 aliphatic heterocycles. The summed E-state index contributed by atoms with van der Waals surface area (Å²) in [6, 6.07) is 0.673. The van der Waals surface area contributed by atoms with Crippen molar-refractivity contribution < 1.29 is 14.2 Å². The number of rotatable bonds is 14. The number of ether oxygens (including phenoxy) is 3. The van der Waals surface area contributed by atoms with Gasteiger partial charge in [0.15, 0.2) is 0 Å². The van der Waals surface area contributed by atoms with Crippen LogP contribution in [0.4, 0.5) is 11.9 Å². The summed E-state index contributed by atoms with van der Waals surface area (Å²) >= 11 is 0. The molecule has 0 spiro atoms. The minimum absolute atomic E-state index is 0.282. The average molecular weight is 395 g/mol. The van der Waals surface area contributed by atoms with Gasteiger partial charge in [0.1, 0.15) is 6.61 Å².